The van der Waals surface area contributed by atoms with Gasteiger partial charge in [-0.2, -0.15) is 5.10 Å². The molecular weight excluding hydrogens is 605 g/mol. The van der Waals surface area contributed by atoms with E-state index in [0.717, 1.165) is 36.0 Å². The van der Waals surface area contributed by atoms with Gasteiger partial charge in [0.05, 0.1) is 5.52 Å². The van der Waals surface area contributed by atoms with Gasteiger partial charge in [-0.05, 0) is 96.8 Å². The molecule has 1 N–H and O–H groups in total. The maximum absolute atomic E-state index is 13.9. The number of aromatic nitrogens is 5. The number of piperidine rings is 1. The highest BCUT2D eigenvalue weighted by molar-refractivity contribution is 9.10. The normalized spacial score (nSPS) is 19.5. The molecule has 0 radical (unpaired) electrons. The van der Waals surface area contributed by atoms with Crippen LogP contribution in [0.2, 0.25) is 0 Å². The molecule has 42 heavy (non-hydrogen) atoms. The summed E-state index contributed by atoms with van der Waals surface area (Å²) < 4.78 is 15.5. The van der Waals surface area contributed by atoms with Crippen LogP contribution in [0, 0.1) is 32.5 Å². The van der Waals surface area contributed by atoms with Crippen LogP contribution >= 0.6 is 15.9 Å². The standard InChI is InChI=1S/C30H29BrFN7O3/c1-14-7-19(20-11-33-17(4)34-12-20)10-22-25(16(3)40)37-38(26(14)22)13-24(41)39-21-6-5-18(9-21)27(39)30(42)36-29-15(2)8-23(32)28(31)35-29/h7-8,10-12,18,21,27H,5-6,9,13H2,1-4H3,(H,35,36,42)/t18-,21-,27-/m0/s1. The number of hydrogen-bond donors (Lipinski definition) is 1. The van der Waals surface area contributed by atoms with Crippen LogP contribution in [0.5, 0.6) is 0 Å². The third kappa shape index (κ3) is 4.87. The van der Waals surface area contributed by atoms with Gasteiger partial charge in [0.1, 0.15) is 34.5 Å². The van der Waals surface area contributed by atoms with Gasteiger partial charge in [-0.3, -0.25) is 19.1 Å². The minimum atomic E-state index is -0.676. The van der Waals surface area contributed by atoms with E-state index in [0.29, 0.717) is 22.3 Å². The Morgan fingerprint density at radius 1 is 1.05 bits per heavy atom. The van der Waals surface area contributed by atoms with Gasteiger partial charge in [-0.1, -0.05) is 0 Å². The minimum Gasteiger partial charge on any atom is -0.326 e. The van der Waals surface area contributed by atoms with Gasteiger partial charge in [-0.25, -0.2) is 19.3 Å². The number of anilines is 1. The van der Waals surface area contributed by atoms with Crippen LogP contribution in [0.1, 0.15) is 53.6 Å². The van der Waals surface area contributed by atoms with Crippen molar-refractivity contribution in [3.05, 3.63) is 63.7 Å². The smallest absolute Gasteiger partial charge is 0.248 e. The summed E-state index contributed by atoms with van der Waals surface area (Å²) in [5, 5.41) is 8.04. The van der Waals surface area contributed by atoms with Gasteiger partial charge in [0, 0.05) is 36.3 Å². The third-order valence-corrected chi connectivity index (χ3v) is 8.83. The Morgan fingerprint density at radius 3 is 2.50 bits per heavy atom. The molecule has 10 nitrogen and oxygen atoms in total. The van der Waals surface area contributed by atoms with Gasteiger partial charge in [0.2, 0.25) is 11.8 Å². The number of hydrogen-bond acceptors (Lipinski definition) is 7. The highest BCUT2D eigenvalue weighted by atomic mass is 79.9. The van der Waals surface area contributed by atoms with Gasteiger partial charge >= 0.3 is 0 Å². The molecule has 3 atom stereocenters. The van der Waals surface area contributed by atoms with Crippen molar-refractivity contribution >= 4 is 50.2 Å². The van der Waals surface area contributed by atoms with E-state index in [-0.39, 0.29) is 52.2 Å². The average Bonchev–Trinajstić information content (AvgIpc) is 3.66. The fourth-order valence-electron chi connectivity index (χ4n) is 6.38. The molecule has 1 saturated heterocycles. The van der Waals surface area contributed by atoms with Gasteiger partial charge in [-0.15, -0.1) is 0 Å². The minimum absolute atomic E-state index is 0.00421. The molecule has 0 unspecified atom stereocenters. The summed E-state index contributed by atoms with van der Waals surface area (Å²) in [4.78, 5) is 54.4. The van der Waals surface area contributed by atoms with Gasteiger partial charge < -0.3 is 10.2 Å². The van der Waals surface area contributed by atoms with E-state index in [2.05, 4.69) is 41.3 Å². The summed E-state index contributed by atoms with van der Waals surface area (Å²) in [6.07, 6.45) is 5.87. The highest BCUT2D eigenvalue weighted by Crippen LogP contribution is 2.43. The molecule has 1 aliphatic heterocycles. The lowest BCUT2D eigenvalue weighted by atomic mass is 9.97. The van der Waals surface area contributed by atoms with Crippen molar-refractivity contribution in [2.45, 2.75) is 65.6 Å². The molecule has 216 valence electrons. The summed E-state index contributed by atoms with van der Waals surface area (Å²) in [5.74, 6) is -0.402. The van der Waals surface area contributed by atoms with E-state index < -0.39 is 11.9 Å². The molecule has 1 aliphatic carbocycles. The Kier molecular flexibility index (Phi) is 7.12. The second-order valence-electron chi connectivity index (χ2n) is 11.2. The molecule has 3 aromatic heterocycles. The lowest BCUT2D eigenvalue weighted by Crippen LogP contribution is -2.52. The number of amides is 2. The monoisotopic (exact) mass is 633 g/mol. The van der Waals surface area contributed by atoms with Crippen molar-refractivity contribution in [1.82, 2.24) is 29.6 Å². The first kappa shape index (κ1) is 28.1. The van der Waals surface area contributed by atoms with Crippen LogP contribution in [0.15, 0.2) is 35.2 Å². The number of nitrogens with zero attached hydrogens (tertiary/aromatic N) is 6. The van der Waals surface area contributed by atoms with Crippen LogP contribution in [0.25, 0.3) is 22.0 Å². The van der Waals surface area contributed by atoms with E-state index in [1.165, 1.54) is 13.0 Å². The zero-order chi connectivity index (χ0) is 29.9. The Hall–Kier alpha value is -4.06. The molecule has 2 fully saturated rings. The van der Waals surface area contributed by atoms with Crippen LogP contribution in [-0.2, 0) is 16.1 Å². The number of aryl methyl sites for hydroxylation is 3. The topological polar surface area (TPSA) is 123 Å². The van der Waals surface area contributed by atoms with Crippen LogP contribution < -0.4 is 5.32 Å². The number of benzene rings is 1. The van der Waals surface area contributed by atoms with E-state index >= 15 is 0 Å². The number of carbonyl (C=O) groups is 3. The number of nitrogens with one attached hydrogen (secondary N) is 1. The number of fused-ring (bicyclic) bond motifs is 3. The van der Waals surface area contributed by atoms with Crippen molar-refractivity contribution in [3.63, 3.8) is 0 Å². The molecule has 2 amide bonds. The fraction of sp³-hybridized carbons (Fsp3) is 0.367. The Bertz CT molecular complexity index is 1770. The highest BCUT2D eigenvalue weighted by Gasteiger charge is 2.51. The molecule has 6 rings (SSSR count). The molecule has 1 aromatic carbocycles. The Morgan fingerprint density at radius 2 is 1.79 bits per heavy atom. The number of rotatable bonds is 6. The van der Waals surface area contributed by atoms with Crippen LogP contribution in [0.4, 0.5) is 10.2 Å². The van der Waals surface area contributed by atoms with Crippen molar-refractivity contribution in [2.24, 2.45) is 5.92 Å². The average molecular weight is 635 g/mol. The molecule has 1 saturated carbocycles. The maximum Gasteiger partial charge on any atom is 0.248 e. The summed E-state index contributed by atoms with van der Waals surface area (Å²) >= 11 is 3.07. The lowest BCUT2D eigenvalue weighted by Gasteiger charge is -2.34. The van der Waals surface area contributed by atoms with E-state index in [1.54, 1.807) is 28.9 Å². The molecular formula is C30H29BrFN7O3. The second-order valence-corrected chi connectivity index (χ2v) is 11.9. The van der Waals surface area contributed by atoms with E-state index in [4.69, 9.17) is 0 Å². The first-order valence-corrected chi connectivity index (χ1v) is 14.6. The summed E-state index contributed by atoms with van der Waals surface area (Å²) in [6, 6.07) is 4.41. The summed E-state index contributed by atoms with van der Waals surface area (Å²) in [6.45, 7) is 6.72. The number of pyridine rings is 1. The summed E-state index contributed by atoms with van der Waals surface area (Å²) in [7, 11) is 0. The first-order valence-electron chi connectivity index (χ1n) is 13.8. The molecule has 12 heteroatoms. The van der Waals surface area contributed by atoms with E-state index in [9.17, 15) is 18.8 Å². The zero-order valence-corrected chi connectivity index (χ0v) is 25.2. The molecule has 2 aliphatic rings. The van der Waals surface area contributed by atoms with Crippen molar-refractivity contribution in [3.8, 4) is 11.1 Å². The number of halogens is 2. The predicted octanol–water partition coefficient (Wildman–Crippen LogP) is 4.94. The SMILES string of the molecule is CC(=O)c1nn(CC(=O)N2[C@H]3CC[C@@H](C3)[C@H]2C(=O)Nc2nc(Br)c(F)cc2C)c2c(C)cc(-c3cnc(C)nc3)cc12. The molecule has 0 spiro atoms. The lowest BCUT2D eigenvalue weighted by molar-refractivity contribution is -0.141. The predicted molar refractivity (Wildman–Crippen MR) is 157 cm³/mol. The first-order chi connectivity index (χ1) is 20.0. The molecule has 4 heterocycles. The molecule has 4 aromatic rings. The van der Waals surface area contributed by atoms with Crippen LogP contribution in [-0.4, -0.2) is 59.3 Å². The number of Topliss-reactive ketones (excluding diaryl/α,β-unsaturated/α-hetero) is 1. The van der Waals surface area contributed by atoms with Gasteiger partial charge in [0.15, 0.2) is 11.6 Å². The fourth-order valence-corrected chi connectivity index (χ4v) is 6.67. The van der Waals surface area contributed by atoms with Crippen LogP contribution in [0.3, 0.4) is 0 Å². The summed E-state index contributed by atoms with van der Waals surface area (Å²) in [5.41, 5.74) is 3.94. The molecule has 2 bridgehead atoms. The Balaban J connectivity index is 1.31. The Labute approximate surface area is 249 Å². The van der Waals surface area contributed by atoms with Crippen molar-refractivity contribution in [1.29, 1.82) is 0 Å². The maximum atomic E-state index is 13.9. The quantitative estimate of drug-likeness (QED) is 0.236. The van der Waals surface area contributed by atoms with Gasteiger partial charge in [0.25, 0.3) is 0 Å². The largest absolute Gasteiger partial charge is 0.326 e. The number of ketones is 1. The van der Waals surface area contributed by atoms with E-state index in [1.807, 2.05) is 26.0 Å². The zero-order valence-electron chi connectivity index (χ0n) is 23.6. The van der Waals surface area contributed by atoms with Crippen molar-refractivity contribution < 1.29 is 18.8 Å². The number of likely N-dealkylation sites (tertiary alicyclic amines) is 1. The second kappa shape index (κ2) is 10.6. The third-order valence-electron chi connectivity index (χ3n) is 8.27. The van der Waals surface area contributed by atoms with Crippen molar-refractivity contribution in [2.75, 3.05) is 5.32 Å². The number of carbonyl (C=O) groups excluding carboxylic acids is 3.